The van der Waals surface area contributed by atoms with E-state index in [1.54, 1.807) is 18.2 Å². The van der Waals surface area contributed by atoms with E-state index in [9.17, 15) is 14.9 Å². The zero-order valence-electron chi connectivity index (χ0n) is 16.9. The third-order valence-electron chi connectivity index (χ3n) is 4.75. The van der Waals surface area contributed by atoms with Crippen LogP contribution in [0.25, 0.3) is 0 Å². The zero-order chi connectivity index (χ0) is 21.3. The summed E-state index contributed by atoms with van der Waals surface area (Å²) >= 11 is 0. The van der Waals surface area contributed by atoms with Crippen LogP contribution in [0.2, 0.25) is 0 Å². The predicted octanol–water partition coefficient (Wildman–Crippen LogP) is 2.69. The number of nitro groups is 1. The topological polar surface area (TPSA) is 121 Å². The zero-order valence-corrected chi connectivity index (χ0v) is 16.9. The van der Waals surface area contributed by atoms with Gasteiger partial charge in [-0.2, -0.15) is 0 Å². The molecule has 158 valence electrons. The third kappa shape index (κ3) is 5.47. The van der Waals surface area contributed by atoms with Gasteiger partial charge in [0.15, 0.2) is 5.96 Å². The number of anilines is 2. The molecule has 9 heteroatoms. The van der Waals surface area contributed by atoms with Gasteiger partial charge in [0.05, 0.1) is 11.5 Å². The Kier molecular flexibility index (Phi) is 7.20. The van der Waals surface area contributed by atoms with Gasteiger partial charge in [0, 0.05) is 43.7 Å². The van der Waals surface area contributed by atoms with Gasteiger partial charge in [-0.25, -0.2) is 0 Å². The number of guanidine groups is 1. The maximum Gasteiger partial charge on any atom is 0.292 e. The number of carbonyl (C=O) groups is 1. The van der Waals surface area contributed by atoms with Crippen LogP contribution in [0.1, 0.15) is 24.8 Å². The van der Waals surface area contributed by atoms with Crippen LogP contribution in [0.15, 0.2) is 53.5 Å². The van der Waals surface area contributed by atoms with Crippen LogP contribution < -0.4 is 21.3 Å². The van der Waals surface area contributed by atoms with Crippen LogP contribution in [0.5, 0.6) is 0 Å². The first-order chi connectivity index (χ1) is 14.6. The maximum atomic E-state index is 12.0. The highest BCUT2D eigenvalue weighted by molar-refractivity contribution is 5.94. The first-order valence-electron chi connectivity index (χ1n) is 9.96. The van der Waals surface area contributed by atoms with E-state index in [2.05, 4.69) is 26.3 Å². The molecule has 0 saturated carbocycles. The minimum Gasteiger partial charge on any atom is -0.378 e. The van der Waals surface area contributed by atoms with E-state index < -0.39 is 4.92 Å². The molecule has 3 rings (SSSR count). The Bertz CT molecular complexity index is 930. The molecule has 2 aromatic carbocycles. The number of hydrogen-bond acceptors (Lipinski definition) is 5. The molecule has 1 unspecified atom stereocenters. The largest absolute Gasteiger partial charge is 0.378 e. The quantitative estimate of drug-likeness (QED) is 0.175. The van der Waals surface area contributed by atoms with Gasteiger partial charge in [-0.05, 0) is 24.6 Å². The second kappa shape index (κ2) is 10.2. The molecular formula is C21H26N6O3. The summed E-state index contributed by atoms with van der Waals surface area (Å²) < 4.78 is 0. The number of benzene rings is 2. The summed E-state index contributed by atoms with van der Waals surface area (Å²) in [4.78, 5) is 27.3. The first-order valence-corrected chi connectivity index (χ1v) is 9.96. The van der Waals surface area contributed by atoms with Crippen molar-refractivity contribution >= 4 is 28.9 Å². The van der Waals surface area contributed by atoms with Crippen LogP contribution in [0.4, 0.5) is 17.1 Å². The summed E-state index contributed by atoms with van der Waals surface area (Å²) in [5.74, 6) is 0.668. The molecule has 4 N–H and O–H groups in total. The minimum absolute atomic E-state index is 0.000477. The average molecular weight is 410 g/mol. The van der Waals surface area contributed by atoms with Crippen molar-refractivity contribution in [3.05, 3.63) is 64.2 Å². The normalized spacial score (nSPS) is 15.7. The summed E-state index contributed by atoms with van der Waals surface area (Å²) in [6, 6.07) is 14.3. The van der Waals surface area contributed by atoms with Crippen LogP contribution in [-0.2, 0) is 4.79 Å². The van der Waals surface area contributed by atoms with E-state index in [0.29, 0.717) is 44.2 Å². The van der Waals surface area contributed by atoms with E-state index in [0.717, 1.165) is 11.3 Å². The Labute approximate surface area is 175 Å². The number of fused-ring (bicyclic) bond motifs is 1. The second-order valence-electron chi connectivity index (χ2n) is 6.88. The van der Waals surface area contributed by atoms with E-state index in [-0.39, 0.29) is 17.5 Å². The lowest BCUT2D eigenvalue weighted by Gasteiger charge is -2.24. The molecule has 1 aliphatic rings. The van der Waals surface area contributed by atoms with E-state index in [1.807, 2.05) is 31.2 Å². The summed E-state index contributed by atoms with van der Waals surface area (Å²) in [6.45, 7) is 4.18. The molecule has 0 radical (unpaired) electrons. The van der Waals surface area contributed by atoms with Crippen molar-refractivity contribution in [3.8, 4) is 0 Å². The molecule has 1 atom stereocenters. The van der Waals surface area contributed by atoms with Gasteiger partial charge in [0.1, 0.15) is 5.69 Å². The molecule has 9 nitrogen and oxygen atoms in total. The highest BCUT2D eigenvalue weighted by Gasteiger charge is 2.24. The van der Waals surface area contributed by atoms with E-state index >= 15 is 0 Å². The van der Waals surface area contributed by atoms with Gasteiger partial charge in [0.2, 0.25) is 5.91 Å². The lowest BCUT2D eigenvalue weighted by Crippen LogP contribution is -2.40. The molecule has 1 aliphatic heterocycles. The number of carbonyl (C=O) groups excluding carboxylic acids is 1. The first kappa shape index (κ1) is 21.1. The Morgan fingerprint density at radius 2 is 1.93 bits per heavy atom. The highest BCUT2D eigenvalue weighted by atomic mass is 16.6. The van der Waals surface area contributed by atoms with Crippen LogP contribution >= 0.6 is 0 Å². The standard InChI is InChI=1S/C21H26N6O3/c1-2-22-21(24-12-11-23-18-9-5-6-10-19(18)27(29)30)25-14-15-13-20(28)26-17-8-4-3-7-16(15)17/h3-10,15,23H,2,11-14H2,1H3,(H,26,28)(H2,22,24,25). The number of nitrogens with zero attached hydrogens (tertiary/aromatic N) is 2. The van der Waals surface area contributed by atoms with Gasteiger partial charge in [-0.3, -0.25) is 19.9 Å². The Morgan fingerprint density at radius 3 is 2.73 bits per heavy atom. The Hall–Kier alpha value is -3.62. The van der Waals surface area contributed by atoms with Crippen molar-refractivity contribution < 1.29 is 9.72 Å². The van der Waals surface area contributed by atoms with Crippen LogP contribution in [0, 0.1) is 10.1 Å². The van der Waals surface area contributed by atoms with Crippen molar-refractivity contribution in [1.82, 2.24) is 10.6 Å². The van der Waals surface area contributed by atoms with Crippen molar-refractivity contribution in [1.29, 1.82) is 0 Å². The minimum atomic E-state index is -0.403. The highest BCUT2D eigenvalue weighted by Crippen LogP contribution is 2.32. The lowest BCUT2D eigenvalue weighted by atomic mass is 9.91. The molecule has 0 fully saturated rings. The summed E-state index contributed by atoms with van der Waals surface area (Å²) in [7, 11) is 0. The molecule has 2 aromatic rings. The fourth-order valence-corrected chi connectivity index (χ4v) is 3.37. The van der Waals surface area contributed by atoms with Gasteiger partial charge in [-0.15, -0.1) is 0 Å². The van der Waals surface area contributed by atoms with E-state index in [1.165, 1.54) is 6.07 Å². The molecule has 1 heterocycles. The number of amides is 1. The average Bonchev–Trinajstić information content (AvgIpc) is 2.74. The number of para-hydroxylation sites is 3. The predicted molar refractivity (Wildman–Crippen MR) is 118 cm³/mol. The van der Waals surface area contributed by atoms with Crippen molar-refractivity contribution in [2.45, 2.75) is 19.3 Å². The molecular weight excluding hydrogens is 384 g/mol. The molecule has 30 heavy (non-hydrogen) atoms. The second-order valence-corrected chi connectivity index (χ2v) is 6.88. The molecule has 0 aromatic heterocycles. The van der Waals surface area contributed by atoms with Gasteiger partial charge in [-0.1, -0.05) is 30.3 Å². The van der Waals surface area contributed by atoms with Gasteiger partial charge >= 0.3 is 0 Å². The fraction of sp³-hybridized carbons (Fsp3) is 0.333. The van der Waals surface area contributed by atoms with Crippen molar-refractivity contribution in [2.24, 2.45) is 4.99 Å². The smallest absolute Gasteiger partial charge is 0.292 e. The molecule has 0 bridgehead atoms. The van der Waals surface area contributed by atoms with Gasteiger partial charge in [0.25, 0.3) is 5.69 Å². The van der Waals surface area contributed by atoms with Crippen molar-refractivity contribution in [2.75, 3.05) is 36.8 Å². The number of aliphatic imine (C=N–C) groups is 1. The third-order valence-corrected chi connectivity index (χ3v) is 4.75. The SMILES string of the molecule is CCNC(=NCC1CC(=O)Nc2ccccc21)NCCNc1ccccc1[N+](=O)[O-]. The number of nitrogens with one attached hydrogen (secondary N) is 4. The fourth-order valence-electron chi connectivity index (χ4n) is 3.37. The van der Waals surface area contributed by atoms with Crippen LogP contribution in [-0.4, -0.2) is 43.0 Å². The Morgan fingerprint density at radius 1 is 1.17 bits per heavy atom. The number of nitro benzene ring substituents is 1. The summed E-state index contributed by atoms with van der Waals surface area (Å²) in [5.41, 5.74) is 2.47. The van der Waals surface area contributed by atoms with Crippen LogP contribution in [0.3, 0.4) is 0 Å². The monoisotopic (exact) mass is 410 g/mol. The molecule has 1 amide bonds. The summed E-state index contributed by atoms with van der Waals surface area (Å²) in [6.07, 6.45) is 0.402. The molecule has 0 aliphatic carbocycles. The van der Waals surface area contributed by atoms with E-state index in [4.69, 9.17) is 0 Å². The molecule has 0 spiro atoms. The Balaban J connectivity index is 1.57. The maximum absolute atomic E-state index is 12.0. The lowest BCUT2D eigenvalue weighted by molar-refractivity contribution is -0.384. The summed E-state index contributed by atoms with van der Waals surface area (Å²) in [5, 5.41) is 23.5. The number of rotatable bonds is 8. The molecule has 0 saturated heterocycles. The van der Waals surface area contributed by atoms with Crippen molar-refractivity contribution in [3.63, 3.8) is 0 Å². The van der Waals surface area contributed by atoms with Gasteiger partial charge < -0.3 is 21.3 Å². The number of hydrogen-bond donors (Lipinski definition) is 4.